The number of carbonyl (C=O) groups excluding carboxylic acids is 1. The van der Waals surface area contributed by atoms with Crippen LogP contribution in [0.2, 0.25) is 0 Å². The molecule has 6 heteroatoms. The summed E-state index contributed by atoms with van der Waals surface area (Å²) in [5.41, 5.74) is 10.3. The molecule has 1 heterocycles. The van der Waals surface area contributed by atoms with Gasteiger partial charge in [-0.1, -0.05) is 24.3 Å². The van der Waals surface area contributed by atoms with Crippen molar-refractivity contribution in [3.8, 4) is 0 Å². The van der Waals surface area contributed by atoms with Gasteiger partial charge in [0, 0.05) is 36.6 Å². The molecule has 1 aliphatic rings. The van der Waals surface area contributed by atoms with Gasteiger partial charge in [0.15, 0.2) is 0 Å². The molecular formula is C18H23Cl2N3O. The average Bonchev–Trinajstić information content (AvgIpc) is 2.67. The summed E-state index contributed by atoms with van der Waals surface area (Å²) in [7, 11) is 2.08. The molecule has 0 atom stereocenters. The number of likely N-dealkylation sites (N-methyl/N-ethyl adjacent to an activating group) is 1. The molecule has 0 radical (unpaired) electrons. The average molecular weight is 368 g/mol. The molecule has 0 aliphatic carbocycles. The molecule has 0 unspecified atom stereocenters. The number of amides is 1. The highest BCUT2D eigenvalue weighted by Gasteiger charge is 2.24. The van der Waals surface area contributed by atoms with Crippen molar-refractivity contribution in [2.45, 2.75) is 13.5 Å². The van der Waals surface area contributed by atoms with Gasteiger partial charge in [-0.05, 0) is 43.3 Å². The number of nitrogen functional groups attached to an aromatic ring is 1. The third-order valence-electron chi connectivity index (χ3n) is 4.17. The second-order valence-electron chi connectivity index (χ2n) is 5.90. The fourth-order valence-corrected chi connectivity index (χ4v) is 2.90. The molecular weight excluding hydrogens is 345 g/mol. The van der Waals surface area contributed by atoms with E-state index in [0.29, 0.717) is 17.8 Å². The number of fused-ring (bicyclic) bond motifs is 1. The number of halogens is 2. The van der Waals surface area contributed by atoms with E-state index >= 15 is 0 Å². The van der Waals surface area contributed by atoms with Crippen LogP contribution in [0, 0.1) is 6.92 Å². The van der Waals surface area contributed by atoms with Crippen LogP contribution in [0.1, 0.15) is 21.5 Å². The quantitative estimate of drug-likeness (QED) is 0.784. The normalized spacial score (nSPS) is 14.0. The second kappa shape index (κ2) is 8.38. The molecule has 2 N–H and O–H groups in total. The standard InChI is InChI=1S/C18H21N3O.2ClH/c1-13-7-8-15(19)11-16(13)18(22)21-10-9-20(2)12-14-5-3-4-6-17(14)21;;/h3-8,11H,9-10,12,19H2,1-2H3;2*1H. The number of hydrogen-bond donors (Lipinski definition) is 1. The number of para-hydroxylation sites is 1. The zero-order valence-electron chi connectivity index (χ0n) is 13.9. The van der Waals surface area contributed by atoms with Gasteiger partial charge in [-0.2, -0.15) is 0 Å². The zero-order chi connectivity index (χ0) is 15.7. The fourth-order valence-electron chi connectivity index (χ4n) is 2.90. The van der Waals surface area contributed by atoms with Gasteiger partial charge in [-0.3, -0.25) is 4.79 Å². The molecule has 0 aromatic heterocycles. The summed E-state index contributed by atoms with van der Waals surface area (Å²) >= 11 is 0. The number of anilines is 2. The van der Waals surface area contributed by atoms with Crippen molar-refractivity contribution in [2.24, 2.45) is 0 Å². The molecule has 0 saturated carbocycles. The van der Waals surface area contributed by atoms with Crippen LogP contribution in [-0.4, -0.2) is 30.9 Å². The van der Waals surface area contributed by atoms with Crippen molar-refractivity contribution in [1.82, 2.24) is 4.90 Å². The van der Waals surface area contributed by atoms with Gasteiger partial charge >= 0.3 is 0 Å². The summed E-state index contributed by atoms with van der Waals surface area (Å²) in [4.78, 5) is 17.2. The van der Waals surface area contributed by atoms with Gasteiger partial charge in [0.05, 0.1) is 0 Å². The molecule has 24 heavy (non-hydrogen) atoms. The van der Waals surface area contributed by atoms with Crippen molar-refractivity contribution in [3.05, 3.63) is 59.2 Å². The summed E-state index contributed by atoms with van der Waals surface area (Å²) in [6.45, 7) is 4.33. The Morgan fingerprint density at radius 1 is 1.08 bits per heavy atom. The zero-order valence-corrected chi connectivity index (χ0v) is 15.5. The minimum absolute atomic E-state index is 0. The number of hydrogen-bond acceptors (Lipinski definition) is 3. The summed E-state index contributed by atoms with van der Waals surface area (Å²) in [5.74, 6) is 0.0209. The Morgan fingerprint density at radius 2 is 1.79 bits per heavy atom. The molecule has 0 bridgehead atoms. The highest BCUT2D eigenvalue weighted by atomic mass is 35.5. The summed E-state index contributed by atoms with van der Waals surface area (Å²) in [6.07, 6.45) is 0. The van der Waals surface area contributed by atoms with E-state index in [1.54, 1.807) is 6.07 Å². The minimum Gasteiger partial charge on any atom is -0.399 e. The topological polar surface area (TPSA) is 49.6 Å². The SMILES string of the molecule is Cc1ccc(N)cc1C(=O)N1CCN(C)Cc2ccccc21.Cl.Cl. The first kappa shape index (κ1) is 20.3. The monoisotopic (exact) mass is 367 g/mol. The number of carbonyl (C=O) groups is 1. The van der Waals surface area contributed by atoms with Crippen molar-refractivity contribution >= 4 is 42.1 Å². The Kier molecular flexibility index (Phi) is 7.08. The Balaban J connectivity index is 0.00000144. The first-order chi connectivity index (χ1) is 10.6. The van der Waals surface area contributed by atoms with Crippen LogP contribution in [0.5, 0.6) is 0 Å². The lowest BCUT2D eigenvalue weighted by atomic mass is 10.1. The molecule has 0 spiro atoms. The molecule has 4 nitrogen and oxygen atoms in total. The lowest BCUT2D eigenvalue weighted by Gasteiger charge is -2.23. The molecule has 0 fully saturated rings. The first-order valence-corrected chi connectivity index (χ1v) is 7.50. The molecule has 1 amide bonds. The largest absolute Gasteiger partial charge is 0.399 e. The maximum Gasteiger partial charge on any atom is 0.258 e. The van der Waals surface area contributed by atoms with Crippen LogP contribution < -0.4 is 10.6 Å². The lowest BCUT2D eigenvalue weighted by Crippen LogP contribution is -2.35. The molecule has 0 saturated heterocycles. The summed E-state index contributed by atoms with van der Waals surface area (Å²) in [6, 6.07) is 13.6. The first-order valence-electron chi connectivity index (χ1n) is 7.50. The van der Waals surface area contributed by atoms with Crippen molar-refractivity contribution < 1.29 is 4.79 Å². The van der Waals surface area contributed by atoms with E-state index in [4.69, 9.17) is 5.73 Å². The highest BCUT2D eigenvalue weighted by molar-refractivity contribution is 6.08. The number of nitrogens with two attached hydrogens (primary N) is 1. The van der Waals surface area contributed by atoms with E-state index in [-0.39, 0.29) is 30.7 Å². The maximum absolute atomic E-state index is 13.0. The van der Waals surface area contributed by atoms with Crippen molar-refractivity contribution in [3.63, 3.8) is 0 Å². The van der Waals surface area contributed by atoms with Crippen molar-refractivity contribution in [2.75, 3.05) is 30.8 Å². The van der Waals surface area contributed by atoms with Crippen LogP contribution in [0.3, 0.4) is 0 Å². The van der Waals surface area contributed by atoms with Crippen molar-refractivity contribution in [1.29, 1.82) is 0 Å². The predicted octanol–water partition coefficient (Wildman–Crippen LogP) is 3.51. The van der Waals surface area contributed by atoms with Gasteiger partial charge < -0.3 is 15.5 Å². The lowest BCUT2D eigenvalue weighted by molar-refractivity contribution is 0.0985. The molecule has 2 aromatic carbocycles. The Morgan fingerprint density at radius 3 is 2.54 bits per heavy atom. The van der Waals surface area contributed by atoms with Crippen LogP contribution in [0.4, 0.5) is 11.4 Å². The smallest absolute Gasteiger partial charge is 0.258 e. The molecule has 2 aromatic rings. The summed E-state index contributed by atoms with van der Waals surface area (Å²) < 4.78 is 0. The second-order valence-corrected chi connectivity index (χ2v) is 5.90. The van der Waals surface area contributed by atoms with Crippen LogP contribution in [0.15, 0.2) is 42.5 Å². The number of aryl methyl sites for hydroxylation is 1. The van der Waals surface area contributed by atoms with E-state index in [9.17, 15) is 4.79 Å². The number of benzene rings is 2. The maximum atomic E-state index is 13.0. The Labute approximate surface area is 155 Å². The van der Waals surface area contributed by atoms with E-state index in [1.807, 2.05) is 42.2 Å². The van der Waals surface area contributed by atoms with E-state index in [0.717, 1.165) is 24.3 Å². The Hall–Kier alpha value is -1.75. The molecule has 1 aliphatic heterocycles. The van der Waals surface area contributed by atoms with Gasteiger partial charge in [0.2, 0.25) is 0 Å². The number of rotatable bonds is 1. The Bertz CT molecular complexity index is 721. The molecule has 130 valence electrons. The van der Waals surface area contributed by atoms with Gasteiger partial charge in [0.25, 0.3) is 5.91 Å². The van der Waals surface area contributed by atoms with E-state index < -0.39 is 0 Å². The van der Waals surface area contributed by atoms with Gasteiger partial charge in [0.1, 0.15) is 0 Å². The highest BCUT2D eigenvalue weighted by Crippen LogP contribution is 2.27. The van der Waals surface area contributed by atoms with E-state index in [2.05, 4.69) is 18.0 Å². The minimum atomic E-state index is 0. The fraction of sp³-hybridized carbons (Fsp3) is 0.278. The predicted molar refractivity (Wildman–Crippen MR) is 105 cm³/mol. The summed E-state index contributed by atoms with van der Waals surface area (Å²) in [5, 5.41) is 0. The van der Waals surface area contributed by atoms with Crippen LogP contribution in [-0.2, 0) is 6.54 Å². The number of nitrogens with zero attached hydrogens (tertiary/aromatic N) is 2. The van der Waals surface area contributed by atoms with Gasteiger partial charge in [-0.25, -0.2) is 0 Å². The third-order valence-corrected chi connectivity index (χ3v) is 4.17. The van der Waals surface area contributed by atoms with Gasteiger partial charge in [-0.15, -0.1) is 24.8 Å². The third kappa shape index (κ3) is 4.01. The van der Waals surface area contributed by atoms with E-state index in [1.165, 1.54) is 5.56 Å². The molecule has 3 rings (SSSR count). The van der Waals surface area contributed by atoms with Crippen LogP contribution >= 0.6 is 24.8 Å². The van der Waals surface area contributed by atoms with Crippen LogP contribution in [0.25, 0.3) is 0 Å².